The minimum atomic E-state index is -1.50. The number of ether oxygens (including phenoxy) is 3. The maximum absolute atomic E-state index is 14.3. The van der Waals surface area contributed by atoms with Crippen LogP contribution >= 0.6 is 10.9 Å². The number of hydrogen-bond acceptors (Lipinski definition) is 4. The highest BCUT2D eigenvalue weighted by Crippen LogP contribution is 2.52. The third-order valence-electron chi connectivity index (χ3n) is 9.18. The average molecular weight is 709 g/mol. The molecule has 5 aromatic carbocycles. The molecule has 1 saturated heterocycles. The smallest absolute Gasteiger partial charge is 0.194 e. The Bertz CT molecular complexity index is 1960. The van der Waals surface area contributed by atoms with Gasteiger partial charge < -0.3 is 14.2 Å². The fraction of sp³-hybridized carbons (Fsp3) is 0.214. The quantitative estimate of drug-likeness (QED) is 0.0960. The normalized spacial score (nSPS) is 21.0. The summed E-state index contributed by atoms with van der Waals surface area (Å²) in [4.78, 5) is 1.22. The highest BCUT2D eigenvalue weighted by molar-refractivity contribution is 8.17. The summed E-state index contributed by atoms with van der Waals surface area (Å²) in [6.45, 7) is 1.61. The van der Waals surface area contributed by atoms with Crippen molar-refractivity contribution in [3.05, 3.63) is 180 Å². The Labute approximate surface area is 299 Å². The van der Waals surface area contributed by atoms with Gasteiger partial charge in [-0.2, -0.15) is 5.10 Å². The molecule has 1 fully saturated rings. The van der Waals surface area contributed by atoms with E-state index in [4.69, 9.17) is 19.3 Å². The van der Waals surface area contributed by atoms with Gasteiger partial charge in [0.05, 0.1) is 44.8 Å². The highest BCUT2D eigenvalue weighted by atomic mass is 32.2. The molecule has 7 rings (SSSR count). The van der Waals surface area contributed by atoms with Gasteiger partial charge in [0.15, 0.2) is 17.5 Å². The molecular weight excluding hydrogens is 670 g/mol. The topological polar surface area (TPSA) is 45.5 Å². The van der Waals surface area contributed by atoms with Crippen molar-refractivity contribution in [2.45, 2.75) is 48.2 Å². The average Bonchev–Trinajstić information content (AvgIpc) is 3.67. The van der Waals surface area contributed by atoms with Crippen LogP contribution < -0.4 is 0 Å². The van der Waals surface area contributed by atoms with E-state index in [-0.39, 0.29) is 16.9 Å². The maximum atomic E-state index is 14.3. The molecule has 51 heavy (non-hydrogen) atoms. The molecule has 0 N–H and O–H groups in total. The van der Waals surface area contributed by atoms with Crippen LogP contribution in [0.4, 0.5) is 13.2 Å². The molecule has 5 atom stereocenters. The molecule has 9 heteroatoms. The molecule has 2 heterocycles. The largest absolute Gasteiger partial charge is 0.376 e. The third kappa shape index (κ3) is 8.45. The number of thiol groups is 1. The van der Waals surface area contributed by atoms with E-state index >= 15 is 0 Å². The first-order valence-corrected chi connectivity index (χ1v) is 18.6. The minimum Gasteiger partial charge on any atom is -0.376 e. The fourth-order valence-electron chi connectivity index (χ4n) is 6.63. The molecule has 0 saturated carbocycles. The Morgan fingerprint density at radius 1 is 0.647 bits per heavy atom. The van der Waals surface area contributed by atoms with Gasteiger partial charge in [0.1, 0.15) is 6.04 Å². The van der Waals surface area contributed by atoms with Gasteiger partial charge in [-0.25, -0.2) is 24.1 Å². The Morgan fingerprint density at radius 2 is 1.18 bits per heavy atom. The van der Waals surface area contributed by atoms with Crippen molar-refractivity contribution in [3.8, 4) is 11.1 Å². The number of benzene rings is 5. The lowest BCUT2D eigenvalue weighted by atomic mass is 10.0. The van der Waals surface area contributed by atoms with Crippen molar-refractivity contribution in [2.75, 3.05) is 12.4 Å². The number of rotatable bonds is 13. The molecule has 0 spiro atoms. The van der Waals surface area contributed by atoms with Crippen LogP contribution in [-0.2, 0) is 34.0 Å². The summed E-state index contributed by atoms with van der Waals surface area (Å²) in [6.07, 6.45) is 2.50. The Balaban J connectivity index is 1.29. The Hall–Kier alpha value is -4.67. The molecule has 0 radical (unpaired) electrons. The molecule has 1 aliphatic heterocycles. The van der Waals surface area contributed by atoms with Crippen LogP contribution in [0.1, 0.15) is 22.7 Å². The van der Waals surface area contributed by atoms with Gasteiger partial charge in [-0.3, -0.25) is 4.68 Å². The summed E-state index contributed by atoms with van der Waals surface area (Å²) in [7, 11) is -0.874. The van der Waals surface area contributed by atoms with E-state index in [9.17, 15) is 13.2 Å². The molecule has 0 aliphatic carbocycles. The number of halogens is 3. The van der Waals surface area contributed by atoms with Crippen LogP contribution in [0.3, 0.4) is 0 Å². The van der Waals surface area contributed by atoms with Crippen LogP contribution in [0.2, 0.25) is 0 Å². The van der Waals surface area contributed by atoms with Gasteiger partial charge in [0.25, 0.3) is 0 Å². The molecule has 1 aromatic heterocycles. The molecule has 6 aromatic rings. The van der Waals surface area contributed by atoms with E-state index in [1.165, 1.54) is 4.90 Å². The lowest BCUT2D eigenvalue weighted by Crippen LogP contribution is -2.52. The van der Waals surface area contributed by atoms with Crippen LogP contribution in [0.5, 0.6) is 0 Å². The lowest BCUT2D eigenvalue weighted by Gasteiger charge is -2.48. The summed E-state index contributed by atoms with van der Waals surface area (Å²) < 4.78 is 64.7. The zero-order chi connectivity index (χ0) is 35.0. The van der Waals surface area contributed by atoms with Gasteiger partial charge in [0.2, 0.25) is 0 Å². The Kier molecular flexibility index (Phi) is 11.3. The lowest BCUT2D eigenvalue weighted by molar-refractivity contribution is -0.0788. The van der Waals surface area contributed by atoms with Crippen molar-refractivity contribution < 1.29 is 27.4 Å². The van der Waals surface area contributed by atoms with E-state index in [0.717, 1.165) is 28.8 Å². The van der Waals surface area contributed by atoms with E-state index in [0.29, 0.717) is 37.7 Å². The van der Waals surface area contributed by atoms with Gasteiger partial charge in [-0.15, -0.1) is 0 Å². The molecule has 262 valence electrons. The van der Waals surface area contributed by atoms with E-state index in [1.807, 2.05) is 97.1 Å². The van der Waals surface area contributed by atoms with Gasteiger partial charge in [-0.1, -0.05) is 121 Å². The second kappa shape index (κ2) is 16.6. The summed E-state index contributed by atoms with van der Waals surface area (Å²) >= 11 is 0. The van der Waals surface area contributed by atoms with Crippen LogP contribution in [0, 0.1) is 17.5 Å². The molecule has 0 bridgehead atoms. The molecule has 1 aliphatic rings. The van der Waals surface area contributed by atoms with E-state index < -0.39 is 40.5 Å². The van der Waals surface area contributed by atoms with Crippen molar-refractivity contribution >= 4 is 10.9 Å². The minimum absolute atomic E-state index is 0.0650. The standard InChI is InChI=1S/C42H39F3N2O3S/c43-36-21-33(22-37(44)40(36)45)34-23-46-47(24-34)41-38(49-26-31-15-7-2-8-16-31)29-51(35-19-11-4-12-20-35)39(28-48-25-30-13-5-1-6-14-30)42(41)50-27-32-17-9-3-10-18-32/h1-24,38-39,41-42,51H,25-29H2/t38-,39+,41-,42-/m0/s1. The fourth-order valence-corrected chi connectivity index (χ4v) is 9.66. The molecule has 1 unspecified atom stereocenters. The number of hydrogen-bond donors (Lipinski definition) is 1. The zero-order valence-electron chi connectivity index (χ0n) is 27.9. The monoisotopic (exact) mass is 708 g/mol. The van der Waals surface area contributed by atoms with E-state index in [1.54, 1.807) is 17.1 Å². The van der Waals surface area contributed by atoms with E-state index in [2.05, 4.69) is 24.3 Å². The summed E-state index contributed by atoms with van der Waals surface area (Å²) in [5.41, 5.74) is 3.77. The molecule has 0 amide bonds. The molecular formula is C42H39F3N2O3S. The number of nitrogens with zero attached hydrogens (tertiary/aromatic N) is 2. The zero-order valence-corrected chi connectivity index (χ0v) is 28.8. The van der Waals surface area contributed by atoms with Crippen LogP contribution in [0.15, 0.2) is 151 Å². The van der Waals surface area contributed by atoms with Gasteiger partial charge in [-0.05, 0) is 39.3 Å². The Morgan fingerprint density at radius 3 is 1.76 bits per heavy atom. The maximum Gasteiger partial charge on any atom is 0.194 e. The first kappa shape index (κ1) is 34.8. The highest BCUT2D eigenvalue weighted by Gasteiger charge is 2.47. The predicted octanol–water partition coefficient (Wildman–Crippen LogP) is 9.34. The molecule has 5 nitrogen and oxygen atoms in total. The van der Waals surface area contributed by atoms with Gasteiger partial charge >= 0.3 is 0 Å². The predicted molar refractivity (Wildman–Crippen MR) is 195 cm³/mol. The summed E-state index contributed by atoms with van der Waals surface area (Å²) in [6, 6.07) is 42.1. The number of aromatic nitrogens is 2. The van der Waals surface area contributed by atoms with Crippen LogP contribution in [-0.4, -0.2) is 39.6 Å². The van der Waals surface area contributed by atoms with Gasteiger partial charge in [0, 0.05) is 22.8 Å². The van der Waals surface area contributed by atoms with Crippen LogP contribution in [0.25, 0.3) is 11.1 Å². The SMILES string of the molecule is Fc1cc(-c2cnn([C@@H]3[C@@H](OCc4ccccc4)[C@@H](COCc4ccccc4)[SH](c4ccccc4)C[C@@H]3OCc3ccccc3)c2)cc(F)c1F. The summed E-state index contributed by atoms with van der Waals surface area (Å²) in [5.74, 6) is -3.31. The first-order valence-electron chi connectivity index (χ1n) is 17.0. The van der Waals surface area contributed by atoms with Crippen molar-refractivity contribution in [3.63, 3.8) is 0 Å². The third-order valence-corrected chi connectivity index (χ3v) is 12.1. The van der Waals surface area contributed by atoms with Crippen molar-refractivity contribution in [1.29, 1.82) is 0 Å². The first-order chi connectivity index (χ1) is 25.0. The summed E-state index contributed by atoms with van der Waals surface area (Å²) in [5, 5.41) is 4.69. The van der Waals surface area contributed by atoms with Crippen molar-refractivity contribution in [2.24, 2.45) is 0 Å². The second-order valence-electron chi connectivity index (χ2n) is 12.6. The second-order valence-corrected chi connectivity index (χ2v) is 15.1. The van der Waals surface area contributed by atoms with Crippen molar-refractivity contribution in [1.82, 2.24) is 9.78 Å².